The maximum absolute atomic E-state index is 12.2. The van der Waals surface area contributed by atoms with Gasteiger partial charge >= 0.3 is 0 Å². The molecule has 6 nitrogen and oxygen atoms in total. The zero-order valence-corrected chi connectivity index (χ0v) is 13.0. The Hall–Kier alpha value is -1.85. The number of nitrogens with one attached hydrogen (secondary N) is 2. The van der Waals surface area contributed by atoms with Crippen LogP contribution in [0, 0.1) is 0 Å². The monoisotopic (exact) mass is 291 g/mol. The average molecular weight is 291 g/mol. The zero-order valence-electron chi connectivity index (χ0n) is 13.0. The lowest BCUT2D eigenvalue weighted by Gasteiger charge is -2.27. The highest BCUT2D eigenvalue weighted by molar-refractivity contribution is 5.81. The van der Waals surface area contributed by atoms with Gasteiger partial charge in [0.2, 0.25) is 5.91 Å². The second kappa shape index (κ2) is 7.81. The second-order valence-electron chi connectivity index (χ2n) is 5.34. The highest BCUT2D eigenvalue weighted by atomic mass is 16.2. The van der Waals surface area contributed by atoms with Gasteiger partial charge in [-0.2, -0.15) is 0 Å². The van der Waals surface area contributed by atoms with Gasteiger partial charge in [0.1, 0.15) is 18.0 Å². The summed E-state index contributed by atoms with van der Waals surface area (Å²) < 4.78 is 0. The molecule has 0 aromatic carbocycles. The van der Waals surface area contributed by atoms with Crippen LogP contribution in [0.15, 0.2) is 6.33 Å². The first-order valence-corrected chi connectivity index (χ1v) is 7.79. The van der Waals surface area contributed by atoms with Crippen LogP contribution in [-0.4, -0.2) is 47.5 Å². The van der Waals surface area contributed by atoms with Crippen molar-refractivity contribution in [2.75, 3.05) is 37.3 Å². The molecule has 116 valence electrons. The summed E-state index contributed by atoms with van der Waals surface area (Å²) in [6.45, 7) is 4.19. The van der Waals surface area contributed by atoms with Crippen molar-refractivity contribution >= 4 is 17.5 Å². The van der Waals surface area contributed by atoms with E-state index in [0.717, 1.165) is 56.0 Å². The van der Waals surface area contributed by atoms with E-state index < -0.39 is 0 Å². The fraction of sp³-hybridized carbons (Fsp3) is 0.667. The molecule has 1 amide bonds. The van der Waals surface area contributed by atoms with Crippen molar-refractivity contribution in [2.45, 2.75) is 39.0 Å². The van der Waals surface area contributed by atoms with E-state index in [0.29, 0.717) is 6.54 Å². The van der Waals surface area contributed by atoms with Crippen LogP contribution in [0.4, 0.5) is 11.6 Å². The van der Waals surface area contributed by atoms with Crippen LogP contribution in [0.3, 0.4) is 0 Å². The number of amides is 1. The number of anilines is 2. The van der Waals surface area contributed by atoms with E-state index in [9.17, 15) is 4.79 Å². The number of aromatic nitrogens is 2. The molecule has 1 aromatic heterocycles. The number of piperidine rings is 1. The number of carbonyl (C=O) groups is 1. The summed E-state index contributed by atoms with van der Waals surface area (Å²) in [5.74, 6) is 1.75. The lowest BCUT2D eigenvalue weighted by atomic mass is 10.1. The Morgan fingerprint density at radius 2 is 1.95 bits per heavy atom. The van der Waals surface area contributed by atoms with Crippen LogP contribution in [0.25, 0.3) is 0 Å². The number of nitrogens with zero attached hydrogens (tertiary/aromatic N) is 3. The third-order valence-corrected chi connectivity index (χ3v) is 3.80. The molecule has 2 rings (SSSR count). The molecule has 0 spiro atoms. The van der Waals surface area contributed by atoms with Gasteiger partial charge in [-0.25, -0.2) is 9.97 Å². The molecule has 2 N–H and O–H groups in total. The Morgan fingerprint density at radius 3 is 2.62 bits per heavy atom. The lowest BCUT2D eigenvalue weighted by molar-refractivity contribution is -0.130. The van der Waals surface area contributed by atoms with E-state index in [-0.39, 0.29) is 5.91 Å². The number of rotatable bonds is 6. The third kappa shape index (κ3) is 4.06. The highest BCUT2D eigenvalue weighted by Crippen LogP contribution is 2.21. The lowest BCUT2D eigenvalue weighted by Crippen LogP contribution is -2.39. The number of carbonyl (C=O) groups excluding carboxylic acids is 1. The molecule has 0 bridgehead atoms. The summed E-state index contributed by atoms with van der Waals surface area (Å²) in [5.41, 5.74) is 1.05. The predicted octanol–water partition coefficient (Wildman–Crippen LogP) is 1.90. The van der Waals surface area contributed by atoms with Gasteiger partial charge in [-0.3, -0.25) is 4.79 Å². The molecule has 0 aliphatic carbocycles. The van der Waals surface area contributed by atoms with Crippen LogP contribution in [0.1, 0.15) is 38.2 Å². The molecule has 1 saturated heterocycles. The van der Waals surface area contributed by atoms with E-state index >= 15 is 0 Å². The van der Waals surface area contributed by atoms with Crippen molar-refractivity contribution in [3.8, 4) is 0 Å². The quantitative estimate of drug-likeness (QED) is 0.837. The van der Waals surface area contributed by atoms with Gasteiger partial charge in [-0.15, -0.1) is 0 Å². The van der Waals surface area contributed by atoms with Crippen LogP contribution in [-0.2, 0) is 11.2 Å². The number of hydrogen-bond donors (Lipinski definition) is 2. The minimum atomic E-state index is 0.154. The smallest absolute Gasteiger partial charge is 0.241 e. The SMILES string of the molecule is CCCc1c(NC)ncnc1NCC(=O)N1CCCCC1. The summed E-state index contributed by atoms with van der Waals surface area (Å²) in [6, 6.07) is 0. The first-order valence-electron chi connectivity index (χ1n) is 7.79. The Balaban J connectivity index is 2.00. The summed E-state index contributed by atoms with van der Waals surface area (Å²) in [5, 5.41) is 6.27. The van der Waals surface area contributed by atoms with Crippen LogP contribution >= 0.6 is 0 Å². The van der Waals surface area contributed by atoms with Crippen molar-refractivity contribution in [1.82, 2.24) is 14.9 Å². The molecule has 0 radical (unpaired) electrons. The molecule has 6 heteroatoms. The normalized spacial score (nSPS) is 14.9. The highest BCUT2D eigenvalue weighted by Gasteiger charge is 2.17. The molecule has 1 aliphatic heterocycles. The van der Waals surface area contributed by atoms with E-state index in [2.05, 4.69) is 27.5 Å². The third-order valence-electron chi connectivity index (χ3n) is 3.80. The van der Waals surface area contributed by atoms with E-state index in [1.807, 2.05) is 11.9 Å². The topological polar surface area (TPSA) is 70.1 Å². The van der Waals surface area contributed by atoms with Gasteiger partial charge in [0.25, 0.3) is 0 Å². The maximum Gasteiger partial charge on any atom is 0.241 e. The Kier molecular flexibility index (Phi) is 5.78. The average Bonchev–Trinajstić information content (AvgIpc) is 2.54. The second-order valence-corrected chi connectivity index (χ2v) is 5.34. The summed E-state index contributed by atoms with van der Waals surface area (Å²) in [7, 11) is 1.85. The van der Waals surface area contributed by atoms with Crippen LogP contribution in [0.5, 0.6) is 0 Å². The Morgan fingerprint density at radius 1 is 1.24 bits per heavy atom. The fourth-order valence-electron chi connectivity index (χ4n) is 2.68. The number of likely N-dealkylation sites (tertiary alicyclic amines) is 1. The number of hydrogen-bond acceptors (Lipinski definition) is 5. The molecular formula is C15H25N5O. The van der Waals surface area contributed by atoms with Gasteiger partial charge in [0, 0.05) is 25.7 Å². The fourth-order valence-corrected chi connectivity index (χ4v) is 2.68. The molecular weight excluding hydrogens is 266 g/mol. The van der Waals surface area contributed by atoms with Crippen LogP contribution in [0.2, 0.25) is 0 Å². The van der Waals surface area contributed by atoms with Crippen LogP contribution < -0.4 is 10.6 Å². The molecule has 1 aliphatic rings. The molecule has 0 saturated carbocycles. The van der Waals surface area contributed by atoms with E-state index in [1.165, 1.54) is 12.7 Å². The summed E-state index contributed by atoms with van der Waals surface area (Å²) in [6.07, 6.45) is 6.89. The standard InChI is InChI=1S/C15H25N5O/c1-3-7-12-14(16-2)18-11-19-15(12)17-10-13(21)20-8-5-4-6-9-20/h11H,3-10H2,1-2H3,(H2,16,17,18,19). The minimum Gasteiger partial charge on any atom is -0.373 e. The van der Waals surface area contributed by atoms with Crippen molar-refractivity contribution < 1.29 is 4.79 Å². The largest absolute Gasteiger partial charge is 0.373 e. The molecule has 2 heterocycles. The molecule has 1 aromatic rings. The summed E-state index contributed by atoms with van der Waals surface area (Å²) >= 11 is 0. The summed E-state index contributed by atoms with van der Waals surface area (Å²) in [4.78, 5) is 22.7. The van der Waals surface area contributed by atoms with Gasteiger partial charge in [0.05, 0.1) is 6.54 Å². The van der Waals surface area contributed by atoms with Gasteiger partial charge < -0.3 is 15.5 Å². The molecule has 0 unspecified atom stereocenters. The van der Waals surface area contributed by atoms with Gasteiger partial charge in [-0.05, 0) is 25.7 Å². The van der Waals surface area contributed by atoms with E-state index in [1.54, 1.807) is 0 Å². The molecule has 0 atom stereocenters. The molecule has 21 heavy (non-hydrogen) atoms. The van der Waals surface area contributed by atoms with Crippen molar-refractivity contribution in [3.63, 3.8) is 0 Å². The Bertz CT molecular complexity index is 471. The maximum atomic E-state index is 12.2. The first kappa shape index (κ1) is 15.5. The van der Waals surface area contributed by atoms with Crippen molar-refractivity contribution in [3.05, 3.63) is 11.9 Å². The Labute approximate surface area is 126 Å². The zero-order chi connectivity index (χ0) is 15.1. The van der Waals surface area contributed by atoms with Gasteiger partial charge in [-0.1, -0.05) is 13.3 Å². The minimum absolute atomic E-state index is 0.154. The molecule has 1 fully saturated rings. The first-order chi connectivity index (χ1) is 10.3. The van der Waals surface area contributed by atoms with Gasteiger partial charge in [0.15, 0.2) is 0 Å². The van der Waals surface area contributed by atoms with Crippen molar-refractivity contribution in [1.29, 1.82) is 0 Å². The van der Waals surface area contributed by atoms with Crippen molar-refractivity contribution in [2.24, 2.45) is 0 Å². The predicted molar refractivity (Wildman–Crippen MR) is 84.5 cm³/mol. The van der Waals surface area contributed by atoms with E-state index in [4.69, 9.17) is 0 Å².